The highest BCUT2D eigenvalue weighted by Crippen LogP contribution is 2.33. The highest BCUT2D eigenvalue weighted by molar-refractivity contribution is 5.81. The number of likely N-dealkylation sites (tertiary alicyclic amines) is 1. The molecule has 0 unspecified atom stereocenters. The SMILES string of the molecule is Cc1cc(F)cc(O)c1-c1cc2cnn([C@H]3CCCN(C)C3)c2nn1. The molecular weight excluding hydrogens is 321 g/mol. The van der Waals surface area contributed by atoms with Crippen molar-refractivity contribution >= 4 is 11.0 Å². The van der Waals surface area contributed by atoms with Gasteiger partial charge in [0, 0.05) is 23.6 Å². The number of benzene rings is 1. The molecule has 1 fully saturated rings. The molecule has 2 aromatic heterocycles. The lowest BCUT2D eigenvalue weighted by Crippen LogP contribution is -2.34. The van der Waals surface area contributed by atoms with E-state index in [1.807, 2.05) is 10.7 Å². The van der Waals surface area contributed by atoms with Crippen LogP contribution in [0.1, 0.15) is 24.4 Å². The summed E-state index contributed by atoms with van der Waals surface area (Å²) in [5.74, 6) is -0.602. The molecule has 1 aromatic carbocycles. The lowest BCUT2D eigenvalue weighted by atomic mass is 10.0. The summed E-state index contributed by atoms with van der Waals surface area (Å²) in [6.07, 6.45) is 3.98. The first kappa shape index (κ1) is 16.0. The fraction of sp³-hybridized carbons (Fsp3) is 0.389. The number of aromatic nitrogens is 4. The average molecular weight is 341 g/mol. The highest BCUT2D eigenvalue weighted by Gasteiger charge is 2.22. The Bertz CT molecular complexity index is 915. The summed E-state index contributed by atoms with van der Waals surface area (Å²) in [5.41, 5.74) is 2.37. The minimum atomic E-state index is -0.470. The van der Waals surface area contributed by atoms with Crippen molar-refractivity contribution in [3.8, 4) is 17.0 Å². The van der Waals surface area contributed by atoms with Crippen molar-refractivity contribution in [2.24, 2.45) is 0 Å². The summed E-state index contributed by atoms with van der Waals surface area (Å²) < 4.78 is 15.3. The van der Waals surface area contributed by atoms with E-state index in [-0.39, 0.29) is 11.8 Å². The van der Waals surface area contributed by atoms with E-state index < -0.39 is 5.82 Å². The van der Waals surface area contributed by atoms with Crippen molar-refractivity contribution in [1.29, 1.82) is 0 Å². The molecule has 0 amide bonds. The molecule has 0 spiro atoms. The number of aromatic hydroxyl groups is 1. The summed E-state index contributed by atoms with van der Waals surface area (Å²) in [4.78, 5) is 2.30. The van der Waals surface area contributed by atoms with Crippen LogP contribution in [0, 0.1) is 12.7 Å². The summed E-state index contributed by atoms with van der Waals surface area (Å²) in [6.45, 7) is 3.79. The van der Waals surface area contributed by atoms with Crippen LogP contribution in [0.4, 0.5) is 4.39 Å². The van der Waals surface area contributed by atoms with Gasteiger partial charge in [0.25, 0.3) is 0 Å². The monoisotopic (exact) mass is 341 g/mol. The molecule has 3 aromatic rings. The van der Waals surface area contributed by atoms with Crippen LogP contribution in [0.2, 0.25) is 0 Å². The number of nitrogens with zero attached hydrogens (tertiary/aromatic N) is 5. The summed E-state index contributed by atoms with van der Waals surface area (Å²) in [6, 6.07) is 4.60. The first-order chi connectivity index (χ1) is 12.0. The number of likely N-dealkylation sites (N-methyl/N-ethyl adjacent to an activating group) is 1. The second kappa shape index (κ2) is 6.07. The Morgan fingerprint density at radius 1 is 1.24 bits per heavy atom. The van der Waals surface area contributed by atoms with E-state index in [2.05, 4.69) is 27.2 Å². The largest absolute Gasteiger partial charge is 0.507 e. The number of hydrogen-bond acceptors (Lipinski definition) is 5. The maximum absolute atomic E-state index is 13.4. The predicted molar refractivity (Wildman–Crippen MR) is 92.9 cm³/mol. The Kier molecular flexibility index (Phi) is 3.88. The van der Waals surface area contributed by atoms with Gasteiger partial charge in [0.2, 0.25) is 0 Å². The predicted octanol–water partition coefficient (Wildman–Crippen LogP) is 2.91. The van der Waals surface area contributed by atoms with E-state index in [0.29, 0.717) is 16.8 Å². The first-order valence-corrected chi connectivity index (χ1v) is 8.42. The van der Waals surface area contributed by atoms with Gasteiger partial charge in [0.05, 0.1) is 17.9 Å². The smallest absolute Gasteiger partial charge is 0.180 e. The van der Waals surface area contributed by atoms with E-state index in [1.165, 1.54) is 6.07 Å². The number of phenols is 1. The van der Waals surface area contributed by atoms with Crippen molar-refractivity contribution in [3.63, 3.8) is 0 Å². The molecule has 1 atom stereocenters. The second-order valence-corrected chi connectivity index (χ2v) is 6.77. The molecular formula is C18H20FN5O. The zero-order valence-corrected chi connectivity index (χ0v) is 14.3. The summed E-state index contributed by atoms with van der Waals surface area (Å²) in [7, 11) is 2.11. The highest BCUT2D eigenvalue weighted by atomic mass is 19.1. The van der Waals surface area contributed by atoms with Gasteiger partial charge in [-0.25, -0.2) is 9.07 Å². The Morgan fingerprint density at radius 3 is 2.84 bits per heavy atom. The van der Waals surface area contributed by atoms with Crippen molar-refractivity contribution in [2.45, 2.75) is 25.8 Å². The Hall–Kier alpha value is -2.54. The maximum Gasteiger partial charge on any atom is 0.180 e. The lowest BCUT2D eigenvalue weighted by molar-refractivity contribution is 0.205. The van der Waals surface area contributed by atoms with Gasteiger partial charge >= 0.3 is 0 Å². The molecule has 1 N–H and O–H groups in total. The van der Waals surface area contributed by atoms with E-state index in [4.69, 9.17) is 0 Å². The molecule has 130 valence electrons. The average Bonchev–Trinajstić information content (AvgIpc) is 2.97. The summed E-state index contributed by atoms with van der Waals surface area (Å²) in [5, 5.41) is 24.1. The van der Waals surface area contributed by atoms with E-state index >= 15 is 0 Å². The number of piperidine rings is 1. The van der Waals surface area contributed by atoms with E-state index in [1.54, 1.807) is 13.1 Å². The van der Waals surface area contributed by atoms with E-state index in [0.717, 1.165) is 43.0 Å². The van der Waals surface area contributed by atoms with Gasteiger partial charge in [0.15, 0.2) is 5.65 Å². The second-order valence-electron chi connectivity index (χ2n) is 6.77. The third-order valence-corrected chi connectivity index (χ3v) is 4.82. The van der Waals surface area contributed by atoms with Crippen LogP contribution in [0.3, 0.4) is 0 Å². The fourth-order valence-electron chi connectivity index (χ4n) is 3.64. The van der Waals surface area contributed by atoms with Crippen LogP contribution in [0.5, 0.6) is 5.75 Å². The third kappa shape index (κ3) is 2.84. The molecule has 3 heterocycles. The first-order valence-electron chi connectivity index (χ1n) is 8.42. The Balaban J connectivity index is 1.76. The third-order valence-electron chi connectivity index (χ3n) is 4.82. The van der Waals surface area contributed by atoms with Crippen LogP contribution in [-0.2, 0) is 0 Å². The van der Waals surface area contributed by atoms with Gasteiger partial charge in [-0.15, -0.1) is 10.2 Å². The minimum absolute atomic E-state index is 0.132. The van der Waals surface area contributed by atoms with Crippen LogP contribution in [0.25, 0.3) is 22.3 Å². The van der Waals surface area contributed by atoms with Crippen molar-refractivity contribution in [3.05, 3.63) is 35.8 Å². The standard InChI is InChI=1S/C18H20FN5O/c1-11-6-13(19)8-16(25)17(11)15-7-12-9-20-24(18(12)22-21-15)14-4-3-5-23(2)10-14/h6-9,14,25H,3-5,10H2,1-2H3/t14-/m0/s1. The fourth-order valence-corrected chi connectivity index (χ4v) is 3.64. The van der Waals surface area contributed by atoms with Crippen molar-refractivity contribution in [2.75, 3.05) is 20.1 Å². The van der Waals surface area contributed by atoms with Crippen LogP contribution < -0.4 is 0 Å². The Morgan fingerprint density at radius 2 is 2.08 bits per heavy atom. The topological polar surface area (TPSA) is 67.1 Å². The van der Waals surface area contributed by atoms with E-state index in [9.17, 15) is 9.50 Å². The zero-order valence-electron chi connectivity index (χ0n) is 14.3. The molecule has 1 aliphatic rings. The number of rotatable bonds is 2. The molecule has 1 aliphatic heterocycles. The van der Waals surface area contributed by atoms with Gasteiger partial charge in [-0.05, 0) is 51.1 Å². The molecule has 0 bridgehead atoms. The quantitative estimate of drug-likeness (QED) is 0.776. The molecule has 0 saturated carbocycles. The Labute approximate surface area is 144 Å². The number of fused-ring (bicyclic) bond motifs is 1. The van der Waals surface area contributed by atoms with Crippen LogP contribution in [-0.4, -0.2) is 50.1 Å². The number of hydrogen-bond donors (Lipinski definition) is 1. The zero-order chi connectivity index (χ0) is 17.6. The van der Waals surface area contributed by atoms with Gasteiger partial charge < -0.3 is 10.0 Å². The van der Waals surface area contributed by atoms with Gasteiger partial charge in [-0.3, -0.25) is 0 Å². The molecule has 7 heteroatoms. The molecule has 1 saturated heterocycles. The number of aryl methyl sites for hydroxylation is 1. The number of phenolic OH excluding ortho intramolecular Hbond substituents is 1. The lowest BCUT2D eigenvalue weighted by Gasteiger charge is -2.29. The van der Waals surface area contributed by atoms with Crippen LogP contribution >= 0.6 is 0 Å². The van der Waals surface area contributed by atoms with Gasteiger partial charge in [-0.1, -0.05) is 0 Å². The normalized spacial score (nSPS) is 18.8. The van der Waals surface area contributed by atoms with Crippen molar-refractivity contribution in [1.82, 2.24) is 24.9 Å². The van der Waals surface area contributed by atoms with Crippen LogP contribution in [0.15, 0.2) is 24.4 Å². The molecule has 4 rings (SSSR count). The van der Waals surface area contributed by atoms with Crippen molar-refractivity contribution < 1.29 is 9.50 Å². The van der Waals surface area contributed by atoms with Gasteiger partial charge in [-0.2, -0.15) is 5.10 Å². The maximum atomic E-state index is 13.4. The van der Waals surface area contributed by atoms with Gasteiger partial charge in [0.1, 0.15) is 11.6 Å². The molecule has 0 radical (unpaired) electrons. The number of halogens is 1. The minimum Gasteiger partial charge on any atom is -0.507 e. The molecule has 6 nitrogen and oxygen atoms in total. The molecule has 25 heavy (non-hydrogen) atoms. The molecule has 0 aliphatic carbocycles. The summed E-state index contributed by atoms with van der Waals surface area (Å²) >= 11 is 0.